The van der Waals surface area contributed by atoms with Crippen molar-refractivity contribution in [1.82, 2.24) is 14.5 Å². The Morgan fingerprint density at radius 3 is 2.50 bits per heavy atom. The van der Waals surface area contributed by atoms with E-state index in [-0.39, 0.29) is 24.8 Å². The first kappa shape index (κ1) is 22.6. The SMILES string of the molecule is CCN(CC)CCCNc1ncc(C)c2c1c1ccccc1n2C.Cl.Cl. The molecule has 0 aliphatic rings. The number of rotatable bonds is 7. The lowest BCUT2D eigenvalue weighted by molar-refractivity contribution is 0.303. The number of hydrogen-bond acceptors (Lipinski definition) is 3. The lowest BCUT2D eigenvalue weighted by atomic mass is 10.1. The van der Waals surface area contributed by atoms with Gasteiger partial charge in [0, 0.05) is 30.7 Å². The molecule has 26 heavy (non-hydrogen) atoms. The number of hydrogen-bond donors (Lipinski definition) is 1. The molecule has 3 rings (SSSR count). The standard InChI is InChI=1S/C20H28N4.2ClH/c1-5-24(6-2)13-9-12-21-20-18-16-10-7-8-11-17(16)23(4)19(18)15(3)14-22-20;;/h7-8,10-11,14H,5-6,9,12-13H2,1-4H3,(H,21,22);2*1H. The van der Waals surface area contributed by atoms with Crippen molar-refractivity contribution in [2.45, 2.75) is 27.2 Å². The monoisotopic (exact) mass is 396 g/mol. The second kappa shape index (κ2) is 10.0. The van der Waals surface area contributed by atoms with Gasteiger partial charge in [-0.3, -0.25) is 0 Å². The summed E-state index contributed by atoms with van der Waals surface area (Å²) in [5.41, 5.74) is 3.75. The number of anilines is 1. The van der Waals surface area contributed by atoms with E-state index < -0.39 is 0 Å². The molecule has 0 atom stereocenters. The van der Waals surface area contributed by atoms with E-state index in [9.17, 15) is 0 Å². The molecule has 0 saturated carbocycles. The molecule has 0 amide bonds. The number of para-hydroxylation sites is 1. The Bertz CT molecular complexity index is 841. The smallest absolute Gasteiger partial charge is 0.136 e. The molecule has 0 unspecified atom stereocenters. The molecular weight excluding hydrogens is 367 g/mol. The molecule has 0 saturated heterocycles. The molecular formula is C20H30Cl2N4. The molecule has 3 aromatic rings. The topological polar surface area (TPSA) is 33.1 Å². The van der Waals surface area contributed by atoms with E-state index in [4.69, 9.17) is 0 Å². The highest BCUT2D eigenvalue weighted by molar-refractivity contribution is 6.13. The van der Waals surface area contributed by atoms with Gasteiger partial charge >= 0.3 is 0 Å². The van der Waals surface area contributed by atoms with Crippen molar-refractivity contribution in [2.24, 2.45) is 7.05 Å². The first-order valence-electron chi connectivity index (χ1n) is 8.96. The molecule has 0 aliphatic heterocycles. The van der Waals surface area contributed by atoms with Crippen LogP contribution in [0.4, 0.5) is 5.82 Å². The van der Waals surface area contributed by atoms with Crippen LogP contribution < -0.4 is 5.32 Å². The van der Waals surface area contributed by atoms with Gasteiger partial charge in [-0.2, -0.15) is 0 Å². The Kier molecular flexibility index (Phi) is 8.68. The van der Waals surface area contributed by atoms with Gasteiger partial charge in [0.05, 0.1) is 10.9 Å². The van der Waals surface area contributed by atoms with Gasteiger partial charge in [-0.1, -0.05) is 32.0 Å². The third-order valence-corrected chi connectivity index (χ3v) is 4.94. The number of fused-ring (bicyclic) bond motifs is 3. The van der Waals surface area contributed by atoms with Crippen molar-refractivity contribution in [3.63, 3.8) is 0 Å². The number of nitrogens with one attached hydrogen (secondary N) is 1. The summed E-state index contributed by atoms with van der Waals surface area (Å²) in [6, 6.07) is 8.58. The fourth-order valence-corrected chi connectivity index (χ4v) is 3.57. The maximum atomic E-state index is 4.69. The summed E-state index contributed by atoms with van der Waals surface area (Å²) < 4.78 is 2.28. The predicted octanol–water partition coefficient (Wildman–Crippen LogP) is 5.02. The maximum Gasteiger partial charge on any atom is 0.136 e. The fraction of sp³-hybridized carbons (Fsp3) is 0.450. The highest BCUT2D eigenvalue weighted by atomic mass is 35.5. The fourth-order valence-electron chi connectivity index (χ4n) is 3.57. The highest BCUT2D eigenvalue weighted by Gasteiger charge is 2.14. The summed E-state index contributed by atoms with van der Waals surface area (Å²) in [6.45, 7) is 10.9. The van der Waals surface area contributed by atoms with Crippen LogP contribution in [0.3, 0.4) is 0 Å². The summed E-state index contributed by atoms with van der Waals surface area (Å²) in [6.07, 6.45) is 3.11. The van der Waals surface area contributed by atoms with Crippen molar-refractivity contribution in [3.05, 3.63) is 36.0 Å². The van der Waals surface area contributed by atoms with Crippen molar-refractivity contribution in [3.8, 4) is 0 Å². The van der Waals surface area contributed by atoms with E-state index in [1.165, 1.54) is 27.4 Å². The normalized spacial score (nSPS) is 10.8. The van der Waals surface area contributed by atoms with Crippen LogP contribution in [0.1, 0.15) is 25.8 Å². The van der Waals surface area contributed by atoms with Crippen LogP contribution in [0.25, 0.3) is 21.8 Å². The summed E-state index contributed by atoms with van der Waals surface area (Å²) >= 11 is 0. The molecule has 6 heteroatoms. The number of nitrogens with zero attached hydrogens (tertiary/aromatic N) is 3. The van der Waals surface area contributed by atoms with Gasteiger partial charge in [-0.15, -0.1) is 24.8 Å². The Hall–Kier alpha value is -1.49. The van der Waals surface area contributed by atoms with E-state index >= 15 is 0 Å². The van der Waals surface area contributed by atoms with Crippen LogP contribution in [0, 0.1) is 6.92 Å². The van der Waals surface area contributed by atoms with E-state index in [1.54, 1.807) is 0 Å². The first-order valence-corrected chi connectivity index (χ1v) is 8.96. The third kappa shape index (κ3) is 4.25. The van der Waals surface area contributed by atoms with Gasteiger partial charge < -0.3 is 14.8 Å². The Morgan fingerprint density at radius 1 is 1.12 bits per heavy atom. The van der Waals surface area contributed by atoms with E-state index in [1.807, 2.05) is 6.20 Å². The van der Waals surface area contributed by atoms with Crippen molar-refractivity contribution < 1.29 is 0 Å². The molecule has 1 N–H and O–H groups in total. The maximum absolute atomic E-state index is 4.69. The van der Waals surface area contributed by atoms with Crippen LogP contribution in [0.2, 0.25) is 0 Å². The van der Waals surface area contributed by atoms with Gasteiger partial charge in [0.1, 0.15) is 5.82 Å². The second-order valence-electron chi connectivity index (χ2n) is 6.40. The molecule has 2 aromatic heterocycles. The minimum absolute atomic E-state index is 0. The number of halogens is 2. The zero-order valence-corrected chi connectivity index (χ0v) is 17.7. The lowest BCUT2D eigenvalue weighted by Crippen LogP contribution is -2.25. The lowest BCUT2D eigenvalue weighted by Gasteiger charge is -2.18. The average Bonchev–Trinajstić information content (AvgIpc) is 2.91. The number of aromatic nitrogens is 2. The van der Waals surface area contributed by atoms with Gasteiger partial charge in [0.2, 0.25) is 0 Å². The van der Waals surface area contributed by atoms with Crippen molar-refractivity contribution in [1.29, 1.82) is 0 Å². The van der Waals surface area contributed by atoms with E-state index in [0.717, 1.165) is 38.4 Å². The minimum atomic E-state index is 0. The summed E-state index contributed by atoms with van der Waals surface area (Å²) in [5, 5.41) is 6.09. The van der Waals surface area contributed by atoms with Gasteiger partial charge in [0.15, 0.2) is 0 Å². The summed E-state index contributed by atoms with van der Waals surface area (Å²) in [5.74, 6) is 1.01. The zero-order valence-electron chi connectivity index (χ0n) is 16.1. The predicted molar refractivity (Wildman–Crippen MR) is 118 cm³/mol. The van der Waals surface area contributed by atoms with Crippen LogP contribution in [0.5, 0.6) is 0 Å². The number of pyridine rings is 1. The molecule has 0 fully saturated rings. The van der Waals surface area contributed by atoms with Crippen LogP contribution in [0.15, 0.2) is 30.5 Å². The van der Waals surface area contributed by atoms with E-state index in [2.05, 4.69) is 71.9 Å². The van der Waals surface area contributed by atoms with Crippen LogP contribution in [-0.2, 0) is 7.05 Å². The third-order valence-electron chi connectivity index (χ3n) is 4.94. The summed E-state index contributed by atoms with van der Waals surface area (Å²) in [7, 11) is 2.14. The molecule has 2 heterocycles. The molecule has 0 bridgehead atoms. The van der Waals surface area contributed by atoms with Gasteiger partial charge in [-0.25, -0.2) is 4.98 Å². The molecule has 0 spiro atoms. The van der Waals surface area contributed by atoms with Crippen LogP contribution in [-0.4, -0.2) is 40.6 Å². The largest absolute Gasteiger partial charge is 0.369 e. The van der Waals surface area contributed by atoms with Gasteiger partial charge in [-0.05, 0) is 44.6 Å². The number of benzene rings is 1. The molecule has 144 valence electrons. The van der Waals surface area contributed by atoms with Crippen molar-refractivity contribution in [2.75, 3.05) is 31.5 Å². The second-order valence-corrected chi connectivity index (χ2v) is 6.40. The molecule has 4 nitrogen and oxygen atoms in total. The number of aryl methyl sites for hydroxylation is 2. The average molecular weight is 397 g/mol. The van der Waals surface area contributed by atoms with Crippen molar-refractivity contribution >= 4 is 52.4 Å². The quantitative estimate of drug-likeness (QED) is 0.568. The Balaban J connectivity index is 0.00000169. The Morgan fingerprint density at radius 2 is 1.81 bits per heavy atom. The molecule has 1 aromatic carbocycles. The highest BCUT2D eigenvalue weighted by Crippen LogP contribution is 2.34. The van der Waals surface area contributed by atoms with Crippen LogP contribution >= 0.6 is 24.8 Å². The van der Waals surface area contributed by atoms with Gasteiger partial charge in [0.25, 0.3) is 0 Å². The first-order chi connectivity index (χ1) is 11.7. The summed E-state index contributed by atoms with van der Waals surface area (Å²) in [4.78, 5) is 7.14. The Labute approximate surface area is 168 Å². The minimum Gasteiger partial charge on any atom is -0.369 e. The molecule has 0 aliphatic carbocycles. The molecule has 0 radical (unpaired) electrons. The zero-order chi connectivity index (χ0) is 17.1. The van der Waals surface area contributed by atoms with E-state index in [0.29, 0.717) is 0 Å².